The van der Waals surface area contributed by atoms with E-state index in [1.165, 1.54) is 12.1 Å². The Hall–Kier alpha value is -1.56. The van der Waals surface area contributed by atoms with E-state index >= 15 is 0 Å². The molecule has 2 aromatic carbocycles. The van der Waals surface area contributed by atoms with E-state index in [2.05, 4.69) is 15.9 Å². The Morgan fingerprint density at radius 3 is 2.32 bits per heavy atom. The molecular weight excluding hydrogens is 328 g/mol. The highest BCUT2D eigenvalue weighted by Crippen LogP contribution is 2.26. The van der Waals surface area contributed by atoms with Crippen molar-refractivity contribution in [2.75, 3.05) is 0 Å². The minimum absolute atomic E-state index is 0.204. The van der Waals surface area contributed by atoms with Crippen LogP contribution >= 0.6 is 15.9 Å². The minimum Gasteiger partial charge on any atom is -0.486 e. The van der Waals surface area contributed by atoms with Crippen LogP contribution in [0, 0.1) is 23.3 Å². The lowest BCUT2D eigenvalue weighted by atomic mass is 10.2. The lowest BCUT2D eigenvalue weighted by Crippen LogP contribution is -2.00. The molecule has 0 aliphatic heterocycles. The second kappa shape index (κ2) is 5.61. The van der Waals surface area contributed by atoms with Crippen molar-refractivity contribution in [2.24, 2.45) is 0 Å². The van der Waals surface area contributed by atoms with E-state index in [9.17, 15) is 17.6 Å². The van der Waals surface area contributed by atoms with Crippen molar-refractivity contribution in [3.63, 3.8) is 0 Å². The average molecular weight is 335 g/mol. The second-order valence-electron chi connectivity index (χ2n) is 3.74. The summed E-state index contributed by atoms with van der Waals surface area (Å²) in [6, 6.07) is 5.37. The fourth-order valence-electron chi connectivity index (χ4n) is 1.43. The molecule has 1 nitrogen and oxygen atoms in total. The fraction of sp³-hybridized carbons (Fsp3) is 0.0769. The van der Waals surface area contributed by atoms with Gasteiger partial charge in [-0.1, -0.05) is 22.0 Å². The van der Waals surface area contributed by atoms with Crippen molar-refractivity contribution in [1.82, 2.24) is 0 Å². The molecule has 0 atom stereocenters. The molecule has 0 aliphatic carbocycles. The Bertz CT molecular complexity index is 616. The van der Waals surface area contributed by atoms with Crippen molar-refractivity contribution in [1.29, 1.82) is 0 Å². The van der Waals surface area contributed by atoms with Crippen molar-refractivity contribution in [3.8, 4) is 5.75 Å². The van der Waals surface area contributed by atoms with Crippen LogP contribution in [0.5, 0.6) is 5.75 Å². The number of benzene rings is 2. The summed E-state index contributed by atoms with van der Waals surface area (Å²) in [6.07, 6.45) is 0. The molecule has 0 saturated heterocycles. The molecule has 0 unspecified atom stereocenters. The first-order valence-electron chi connectivity index (χ1n) is 5.18. The zero-order chi connectivity index (χ0) is 14.0. The van der Waals surface area contributed by atoms with Crippen molar-refractivity contribution in [2.45, 2.75) is 6.61 Å². The minimum atomic E-state index is -1.13. The molecule has 2 aromatic rings. The number of hydrogen-bond acceptors (Lipinski definition) is 1. The van der Waals surface area contributed by atoms with Crippen LogP contribution in [-0.4, -0.2) is 0 Å². The predicted molar refractivity (Wildman–Crippen MR) is 64.7 cm³/mol. The molecule has 100 valence electrons. The van der Waals surface area contributed by atoms with Gasteiger partial charge in [0.05, 0.1) is 0 Å². The normalized spacial score (nSPS) is 10.6. The highest BCUT2D eigenvalue weighted by Gasteiger charge is 2.12. The number of hydrogen-bond donors (Lipinski definition) is 0. The van der Waals surface area contributed by atoms with Gasteiger partial charge in [-0.25, -0.2) is 13.2 Å². The first kappa shape index (κ1) is 13.9. The standard InChI is InChI=1S/C13H7BrF4O/c14-8-4-11(17)13(18)12(5-8)19-6-7-1-2-9(15)10(16)3-7/h1-5H,6H2. The van der Waals surface area contributed by atoms with Gasteiger partial charge in [0.2, 0.25) is 5.82 Å². The molecule has 0 aliphatic rings. The summed E-state index contributed by atoms with van der Waals surface area (Å²) >= 11 is 3.00. The molecule has 19 heavy (non-hydrogen) atoms. The number of ether oxygens (including phenoxy) is 1. The van der Waals surface area contributed by atoms with E-state index in [0.717, 1.165) is 18.2 Å². The maximum Gasteiger partial charge on any atom is 0.200 e. The monoisotopic (exact) mass is 334 g/mol. The number of rotatable bonds is 3. The molecule has 6 heteroatoms. The Morgan fingerprint density at radius 2 is 1.63 bits per heavy atom. The molecule has 0 amide bonds. The smallest absolute Gasteiger partial charge is 0.200 e. The Balaban J connectivity index is 2.16. The van der Waals surface area contributed by atoms with Gasteiger partial charge in [0, 0.05) is 4.47 Å². The van der Waals surface area contributed by atoms with E-state index in [1.807, 2.05) is 0 Å². The highest BCUT2D eigenvalue weighted by atomic mass is 79.9. The summed E-state index contributed by atoms with van der Waals surface area (Å²) in [5, 5.41) is 0. The lowest BCUT2D eigenvalue weighted by Gasteiger charge is -2.08. The topological polar surface area (TPSA) is 9.23 Å². The zero-order valence-corrected chi connectivity index (χ0v) is 11.0. The number of halogens is 5. The molecule has 0 radical (unpaired) electrons. The maximum atomic E-state index is 13.4. The van der Waals surface area contributed by atoms with E-state index in [-0.39, 0.29) is 12.4 Å². The largest absolute Gasteiger partial charge is 0.486 e. The van der Waals surface area contributed by atoms with Gasteiger partial charge < -0.3 is 4.74 Å². The summed E-state index contributed by atoms with van der Waals surface area (Å²) in [5.41, 5.74) is 0.304. The van der Waals surface area contributed by atoms with Crippen LogP contribution < -0.4 is 4.74 Å². The van der Waals surface area contributed by atoms with Gasteiger partial charge in [-0.2, -0.15) is 4.39 Å². The molecule has 0 bridgehead atoms. The first-order valence-corrected chi connectivity index (χ1v) is 5.98. The van der Waals surface area contributed by atoms with Gasteiger partial charge in [-0.15, -0.1) is 0 Å². The Labute approximate surface area is 114 Å². The maximum absolute atomic E-state index is 13.4. The SMILES string of the molecule is Fc1ccc(COc2cc(Br)cc(F)c2F)cc1F. The van der Waals surface area contributed by atoms with Gasteiger partial charge in [0.15, 0.2) is 23.2 Å². The van der Waals surface area contributed by atoms with Crippen LogP contribution in [0.25, 0.3) is 0 Å². The van der Waals surface area contributed by atoms with Crippen LogP contribution in [-0.2, 0) is 6.61 Å². The van der Waals surface area contributed by atoms with Gasteiger partial charge >= 0.3 is 0 Å². The Morgan fingerprint density at radius 1 is 0.895 bits per heavy atom. The summed E-state index contributed by atoms with van der Waals surface area (Å²) in [7, 11) is 0. The van der Waals surface area contributed by atoms with Crippen LogP contribution in [0.15, 0.2) is 34.8 Å². The lowest BCUT2D eigenvalue weighted by molar-refractivity contribution is 0.283. The van der Waals surface area contributed by atoms with Crippen LogP contribution in [0.1, 0.15) is 5.56 Å². The predicted octanol–water partition coefficient (Wildman–Crippen LogP) is 4.58. The third-order valence-corrected chi connectivity index (χ3v) is 2.80. The molecule has 0 aromatic heterocycles. The van der Waals surface area contributed by atoms with Crippen LogP contribution in [0.4, 0.5) is 17.6 Å². The fourth-order valence-corrected chi connectivity index (χ4v) is 1.84. The van der Waals surface area contributed by atoms with Crippen molar-refractivity contribution < 1.29 is 22.3 Å². The molecular formula is C13H7BrF4O. The first-order chi connectivity index (χ1) is 8.97. The summed E-state index contributed by atoms with van der Waals surface area (Å²) in [5.74, 6) is -4.51. The van der Waals surface area contributed by atoms with Gasteiger partial charge in [0.1, 0.15) is 6.61 Å². The average Bonchev–Trinajstić information content (AvgIpc) is 2.36. The Kier molecular flexibility index (Phi) is 4.09. The van der Waals surface area contributed by atoms with E-state index in [0.29, 0.717) is 10.0 Å². The molecule has 0 fully saturated rings. The van der Waals surface area contributed by atoms with Gasteiger partial charge in [0.25, 0.3) is 0 Å². The molecule has 0 heterocycles. The quantitative estimate of drug-likeness (QED) is 0.589. The second-order valence-corrected chi connectivity index (χ2v) is 4.65. The third-order valence-electron chi connectivity index (χ3n) is 2.34. The molecule has 0 N–H and O–H groups in total. The molecule has 2 rings (SSSR count). The van der Waals surface area contributed by atoms with Crippen molar-refractivity contribution >= 4 is 15.9 Å². The zero-order valence-electron chi connectivity index (χ0n) is 9.39. The highest BCUT2D eigenvalue weighted by molar-refractivity contribution is 9.10. The third kappa shape index (κ3) is 3.26. The van der Waals surface area contributed by atoms with Crippen molar-refractivity contribution in [3.05, 3.63) is 63.6 Å². The van der Waals surface area contributed by atoms with E-state index in [4.69, 9.17) is 4.74 Å². The van der Waals surface area contributed by atoms with Crippen LogP contribution in [0.2, 0.25) is 0 Å². The van der Waals surface area contributed by atoms with Crippen LogP contribution in [0.3, 0.4) is 0 Å². The summed E-state index contributed by atoms with van der Waals surface area (Å²) < 4.78 is 57.5. The van der Waals surface area contributed by atoms with Gasteiger partial charge in [-0.05, 0) is 29.8 Å². The van der Waals surface area contributed by atoms with E-state index < -0.39 is 23.3 Å². The summed E-state index contributed by atoms with van der Waals surface area (Å²) in [6.45, 7) is -0.204. The molecule has 0 spiro atoms. The summed E-state index contributed by atoms with van der Waals surface area (Å²) in [4.78, 5) is 0. The van der Waals surface area contributed by atoms with E-state index in [1.54, 1.807) is 0 Å². The van der Waals surface area contributed by atoms with Gasteiger partial charge in [-0.3, -0.25) is 0 Å². The molecule has 0 saturated carbocycles.